The van der Waals surface area contributed by atoms with E-state index in [2.05, 4.69) is 24.4 Å². The Morgan fingerprint density at radius 3 is 2.77 bits per heavy atom. The number of carbonyl (C=O) groups is 1. The van der Waals surface area contributed by atoms with Gasteiger partial charge in [-0.15, -0.1) is 12.4 Å². The quantitative estimate of drug-likeness (QED) is 0.809. The standard InChI is InChI=1S/C20H24N2O3.ClH/c1-14-4-2-5-15(10-14)13-24-17-7-3-6-16(11-17)22-20(23)19-9-8-18(12-21)25-19;/h2-7,10-11,18-19H,8-9,12-13,21H2,1H3,(H,22,23);1H/t18-,19+;/m1./s1. The highest BCUT2D eigenvalue weighted by Crippen LogP contribution is 2.22. The van der Waals surface area contributed by atoms with Crippen LogP contribution in [0.3, 0.4) is 0 Å². The third kappa shape index (κ3) is 5.46. The van der Waals surface area contributed by atoms with Gasteiger partial charge in [0.2, 0.25) is 0 Å². The highest BCUT2D eigenvalue weighted by Gasteiger charge is 2.29. The van der Waals surface area contributed by atoms with Crippen LogP contribution < -0.4 is 15.8 Å². The first kappa shape index (κ1) is 20.2. The molecule has 0 bridgehead atoms. The third-order valence-corrected chi connectivity index (χ3v) is 4.25. The Bertz CT molecular complexity index is 739. The molecule has 3 rings (SSSR count). The topological polar surface area (TPSA) is 73.6 Å². The van der Waals surface area contributed by atoms with Crippen molar-refractivity contribution >= 4 is 24.0 Å². The molecule has 1 aliphatic heterocycles. The fraction of sp³-hybridized carbons (Fsp3) is 0.350. The second-order valence-corrected chi connectivity index (χ2v) is 6.35. The molecule has 0 aliphatic carbocycles. The highest BCUT2D eigenvalue weighted by molar-refractivity contribution is 5.94. The van der Waals surface area contributed by atoms with Gasteiger partial charge < -0.3 is 20.5 Å². The number of nitrogens with one attached hydrogen (secondary N) is 1. The molecule has 0 unspecified atom stereocenters. The van der Waals surface area contributed by atoms with E-state index in [9.17, 15) is 4.79 Å². The number of hydrogen-bond acceptors (Lipinski definition) is 4. The van der Waals surface area contributed by atoms with Crippen LogP contribution in [-0.4, -0.2) is 24.7 Å². The van der Waals surface area contributed by atoms with Gasteiger partial charge in [0.1, 0.15) is 18.5 Å². The number of ether oxygens (including phenoxy) is 2. The Kier molecular flexibility index (Phi) is 7.45. The third-order valence-electron chi connectivity index (χ3n) is 4.25. The molecule has 1 amide bonds. The molecular weight excluding hydrogens is 352 g/mol. The zero-order valence-corrected chi connectivity index (χ0v) is 15.6. The monoisotopic (exact) mass is 376 g/mol. The second kappa shape index (κ2) is 9.57. The smallest absolute Gasteiger partial charge is 0.253 e. The van der Waals surface area contributed by atoms with Crippen LogP contribution in [0, 0.1) is 6.92 Å². The van der Waals surface area contributed by atoms with Gasteiger partial charge in [-0.25, -0.2) is 0 Å². The number of anilines is 1. The molecule has 2 aromatic carbocycles. The molecule has 140 valence electrons. The molecule has 1 fully saturated rings. The molecule has 6 heteroatoms. The zero-order chi connectivity index (χ0) is 17.6. The Hall–Kier alpha value is -2.08. The first-order valence-electron chi connectivity index (χ1n) is 8.59. The van der Waals surface area contributed by atoms with Crippen molar-refractivity contribution in [1.29, 1.82) is 0 Å². The molecule has 0 saturated carbocycles. The summed E-state index contributed by atoms with van der Waals surface area (Å²) >= 11 is 0. The summed E-state index contributed by atoms with van der Waals surface area (Å²) in [5, 5.41) is 2.89. The van der Waals surface area contributed by atoms with Gasteiger partial charge >= 0.3 is 0 Å². The van der Waals surface area contributed by atoms with E-state index < -0.39 is 6.10 Å². The maximum absolute atomic E-state index is 12.3. The average Bonchev–Trinajstić information content (AvgIpc) is 3.10. The van der Waals surface area contributed by atoms with Gasteiger partial charge in [-0.1, -0.05) is 35.9 Å². The van der Waals surface area contributed by atoms with Gasteiger partial charge in [-0.3, -0.25) is 4.79 Å². The van der Waals surface area contributed by atoms with Crippen molar-refractivity contribution in [2.24, 2.45) is 5.73 Å². The van der Waals surface area contributed by atoms with Gasteiger partial charge in [0.15, 0.2) is 0 Å². The number of rotatable bonds is 6. The van der Waals surface area contributed by atoms with E-state index in [1.807, 2.05) is 36.4 Å². The van der Waals surface area contributed by atoms with Gasteiger partial charge in [0.05, 0.1) is 6.10 Å². The second-order valence-electron chi connectivity index (χ2n) is 6.35. The van der Waals surface area contributed by atoms with Crippen LogP contribution in [0.2, 0.25) is 0 Å². The summed E-state index contributed by atoms with van der Waals surface area (Å²) in [5.41, 5.74) is 8.60. The van der Waals surface area contributed by atoms with Crippen molar-refractivity contribution in [3.8, 4) is 5.75 Å². The number of benzene rings is 2. The van der Waals surface area contributed by atoms with Crippen molar-refractivity contribution in [2.45, 2.75) is 38.6 Å². The Balaban J connectivity index is 0.00000243. The Morgan fingerprint density at radius 1 is 1.23 bits per heavy atom. The minimum atomic E-state index is -0.426. The molecule has 26 heavy (non-hydrogen) atoms. The summed E-state index contributed by atoms with van der Waals surface area (Å²) in [6.45, 7) is 3.00. The zero-order valence-electron chi connectivity index (χ0n) is 14.8. The normalized spacial score (nSPS) is 18.8. The van der Waals surface area contributed by atoms with E-state index in [4.69, 9.17) is 15.2 Å². The van der Waals surface area contributed by atoms with Crippen LogP contribution in [0.25, 0.3) is 0 Å². The number of nitrogens with two attached hydrogens (primary N) is 1. The molecule has 1 heterocycles. The lowest BCUT2D eigenvalue weighted by Gasteiger charge is -2.13. The highest BCUT2D eigenvalue weighted by atomic mass is 35.5. The van der Waals surface area contributed by atoms with Crippen molar-refractivity contribution in [2.75, 3.05) is 11.9 Å². The van der Waals surface area contributed by atoms with Gasteiger partial charge in [0, 0.05) is 18.3 Å². The molecule has 1 saturated heterocycles. The molecule has 2 aromatic rings. The van der Waals surface area contributed by atoms with E-state index in [0.717, 1.165) is 12.0 Å². The Labute approximate surface area is 160 Å². The molecular formula is C20H25ClN2O3. The molecule has 2 atom stereocenters. The maximum atomic E-state index is 12.3. The lowest BCUT2D eigenvalue weighted by atomic mass is 10.1. The summed E-state index contributed by atoms with van der Waals surface area (Å²) in [6, 6.07) is 15.6. The van der Waals surface area contributed by atoms with Crippen LogP contribution in [0.5, 0.6) is 5.75 Å². The fourth-order valence-electron chi connectivity index (χ4n) is 2.93. The number of aryl methyl sites for hydroxylation is 1. The van der Waals surface area contributed by atoms with E-state index in [1.54, 1.807) is 0 Å². The van der Waals surface area contributed by atoms with Gasteiger partial charge in [-0.2, -0.15) is 0 Å². The van der Waals surface area contributed by atoms with Crippen LogP contribution in [0.1, 0.15) is 24.0 Å². The largest absolute Gasteiger partial charge is 0.489 e. The fourth-order valence-corrected chi connectivity index (χ4v) is 2.93. The van der Waals surface area contributed by atoms with Crippen LogP contribution >= 0.6 is 12.4 Å². The first-order chi connectivity index (χ1) is 12.1. The predicted octanol–water partition coefficient (Wildman–Crippen LogP) is 3.44. The Morgan fingerprint density at radius 2 is 2.04 bits per heavy atom. The molecule has 0 aromatic heterocycles. The summed E-state index contributed by atoms with van der Waals surface area (Å²) in [6.07, 6.45) is 1.09. The average molecular weight is 377 g/mol. The minimum Gasteiger partial charge on any atom is -0.489 e. The van der Waals surface area contributed by atoms with Crippen molar-refractivity contribution in [3.05, 3.63) is 59.7 Å². The predicted molar refractivity (Wildman–Crippen MR) is 105 cm³/mol. The van der Waals surface area contributed by atoms with E-state index in [0.29, 0.717) is 31.0 Å². The molecule has 3 N–H and O–H groups in total. The molecule has 0 radical (unpaired) electrons. The maximum Gasteiger partial charge on any atom is 0.253 e. The van der Waals surface area contributed by atoms with Gasteiger partial charge in [-0.05, 0) is 37.5 Å². The van der Waals surface area contributed by atoms with Crippen molar-refractivity contribution in [3.63, 3.8) is 0 Å². The van der Waals surface area contributed by atoms with Crippen LogP contribution in [-0.2, 0) is 16.1 Å². The number of amides is 1. The SMILES string of the molecule is Cc1cccc(COc2cccc(NC(=O)[C@@H]3CC[C@H](CN)O3)c2)c1.Cl. The van der Waals surface area contributed by atoms with Crippen LogP contribution in [0.15, 0.2) is 48.5 Å². The summed E-state index contributed by atoms with van der Waals surface area (Å²) < 4.78 is 11.5. The van der Waals surface area contributed by atoms with Crippen molar-refractivity contribution in [1.82, 2.24) is 0 Å². The molecule has 1 aliphatic rings. The van der Waals surface area contributed by atoms with E-state index in [-0.39, 0.29) is 24.4 Å². The number of halogens is 1. The van der Waals surface area contributed by atoms with Crippen molar-refractivity contribution < 1.29 is 14.3 Å². The van der Waals surface area contributed by atoms with Gasteiger partial charge in [0.25, 0.3) is 5.91 Å². The molecule has 5 nitrogen and oxygen atoms in total. The first-order valence-corrected chi connectivity index (χ1v) is 8.59. The lowest BCUT2D eigenvalue weighted by molar-refractivity contribution is -0.126. The summed E-state index contributed by atoms with van der Waals surface area (Å²) in [4.78, 5) is 12.3. The number of carbonyl (C=O) groups excluding carboxylic acids is 1. The summed E-state index contributed by atoms with van der Waals surface area (Å²) in [7, 11) is 0. The molecule has 0 spiro atoms. The van der Waals surface area contributed by atoms with E-state index in [1.165, 1.54) is 5.56 Å². The lowest BCUT2D eigenvalue weighted by Crippen LogP contribution is -2.29. The van der Waals surface area contributed by atoms with E-state index >= 15 is 0 Å². The number of hydrogen-bond donors (Lipinski definition) is 2. The minimum absolute atomic E-state index is 0. The van der Waals surface area contributed by atoms with Crippen LogP contribution in [0.4, 0.5) is 5.69 Å². The summed E-state index contributed by atoms with van der Waals surface area (Å²) in [5.74, 6) is 0.582.